The average molecular weight is 288 g/mol. The van der Waals surface area contributed by atoms with Gasteiger partial charge in [0.05, 0.1) is 12.8 Å². The van der Waals surface area contributed by atoms with Gasteiger partial charge in [0.15, 0.2) is 5.75 Å². The van der Waals surface area contributed by atoms with E-state index in [1.165, 1.54) is 0 Å². The first-order chi connectivity index (χ1) is 10.0. The van der Waals surface area contributed by atoms with Gasteiger partial charge in [-0.05, 0) is 38.0 Å². The zero-order valence-electron chi connectivity index (χ0n) is 12.8. The zero-order valence-corrected chi connectivity index (χ0v) is 12.8. The molecule has 0 aliphatic heterocycles. The van der Waals surface area contributed by atoms with Crippen molar-refractivity contribution in [1.29, 1.82) is 0 Å². The first-order valence-electron chi connectivity index (χ1n) is 6.85. The third-order valence-corrected chi connectivity index (χ3v) is 3.44. The number of aryl methyl sites for hydroxylation is 3. The molecule has 2 aromatic rings. The smallest absolute Gasteiger partial charge is 0.311 e. The van der Waals surface area contributed by atoms with Gasteiger partial charge in [0.25, 0.3) is 0 Å². The summed E-state index contributed by atoms with van der Waals surface area (Å²) in [7, 11) is 3.46. The SMILES string of the molecule is COc1ccc(CCC(=O)Oc2c(C)nn(C)c2C)cc1. The van der Waals surface area contributed by atoms with Crippen LogP contribution in [-0.4, -0.2) is 22.9 Å². The normalized spacial score (nSPS) is 10.5. The molecule has 0 aliphatic carbocycles. The van der Waals surface area contributed by atoms with Crippen molar-refractivity contribution in [3.05, 3.63) is 41.2 Å². The highest BCUT2D eigenvalue weighted by molar-refractivity contribution is 5.73. The van der Waals surface area contributed by atoms with Crippen LogP contribution in [0.1, 0.15) is 23.4 Å². The van der Waals surface area contributed by atoms with Gasteiger partial charge in [0, 0.05) is 13.5 Å². The first kappa shape index (κ1) is 15.1. The first-order valence-corrected chi connectivity index (χ1v) is 6.85. The highest BCUT2D eigenvalue weighted by Gasteiger charge is 2.14. The molecule has 5 heteroatoms. The third kappa shape index (κ3) is 3.62. The summed E-state index contributed by atoms with van der Waals surface area (Å²) in [5.41, 5.74) is 2.66. The molecule has 0 saturated heterocycles. The van der Waals surface area contributed by atoms with Crippen molar-refractivity contribution in [3.8, 4) is 11.5 Å². The molecule has 112 valence electrons. The minimum absolute atomic E-state index is 0.245. The molecule has 0 bridgehead atoms. The van der Waals surface area contributed by atoms with Gasteiger partial charge >= 0.3 is 5.97 Å². The van der Waals surface area contributed by atoms with Crippen LogP contribution in [0.5, 0.6) is 11.5 Å². The molecule has 0 saturated carbocycles. The van der Waals surface area contributed by atoms with Gasteiger partial charge in [-0.3, -0.25) is 9.48 Å². The number of ether oxygens (including phenoxy) is 2. The Hall–Kier alpha value is -2.30. The fourth-order valence-electron chi connectivity index (χ4n) is 2.11. The fraction of sp³-hybridized carbons (Fsp3) is 0.375. The van der Waals surface area contributed by atoms with Crippen LogP contribution in [-0.2, 0) is 18.3 Å². The summed E-state index contributed by atoms with van der Waals surface area (Å²) in [5.74, 6) is 1.13. The van der Waals surface area contributed by atoms with Crippen molar-refractivity contribution in [3.63, 3.8) is 0 Å². The van der Waals surface area contributed by atoms with Crippen molar-refractivity contribution < 1.29 is 14.3 Å². The average Bonchev–Trinajstić information content (AvgIpc) is 2.72. The lowest BCUT2D eigenvalue weighted by molar-refractivity contribution is -0.134. The van der Waals surface area contributed by atoms with E-state index in [2.05, 4.69) is 5.10 Å². The molecular weight excluding hydrogens is 268 g/mol. The van der Waals surface area contributed by atoms with Crippen LogP contribution in [0.2, 0.25) is 0 Å². The summed E-state index contributed by atoms with van der Waals surface area (Å²) in [6, 6.07) is 7.67. The molecule has 1 aromatic carbocycles. The number of carbonyl (C=O) groups excluding carboxylic acids is 1. The van der Waals surface area contributed by atoms with E-state index in [0.29, 0.717) is 18.6 Å². The molecule has 5 nitrogen and oxygen atoms in total. The van der Waals surface area contributed by atoms with Crippen LogP contribution in [0.25, 0.3) is 0 Å². The topological polar surface area (TPSA) is 53.4 Å². The van der Waals surface area contributed by atoms with Gasteiger partial charge in [-0.25, -0.2) is 0 Å². The standard InChI is InChI=1S/C16H20N2O3/c1-11-16(12(2)18(3)17-11)21-15(19)10-7-13-5-8-14(20-4)9-6-13/h5-6,8-9H,7,10H2,1-4H3. The number of hydrogen-bond acceptors (Lipinski definition) is 4. The number of hydrogen-bond donors (Lipinski definition) is 0. The number of esters is 1. The molecule has 0 unspecified atom stereocenters. The summed E-state index contributed by atoms with van der Waals surface area (Å²) in [6.07, 6.45) is 0.974. The Morgan fingerprint density at radius 2 is 1.90 bits per heavy atom. The maximum absolute atomic E-state index is 11.9. The fourth-order valence-corrected chi connectivity index (χ4v) is 2.11. The predicted octanol–water partition coefficient (Wildman–Crippen LogP) is 2.58. The summed E-state index contributed by atoms with van der Waals surface area (Å²) >= 11 is 0. The molecule has 1 heterocycles. The van der Waals surface area contributed by atoms with Gasteiger partial charge < -0.3 is 9.47 Å². The van der Waals surface area contributed by atoms with Crippen LogP contribution < -0.4 is 9.47 Å². The predicted molar refractivity (Wildman–Crippen MR) is 79.6 cm³/mol. The van der Waals surface area contributed by atoms with Crippen LogP contribution >= 0.6 is 0 Å². The second-order valence-corrected chi connectivity index (χ2v) is 4.95. The molecule has 0 radical (unpaired) electrons. The van der Waals surface area contributed by atoms with Crippen molar-refractivity contribution in [2.75, 3.05) is 7.11 Å². The Morgan fingerprint density at radius 3 is 2.43 bits per heavy atom. The zero-order chi connectivity index (χ0) is 15.4. The van der Waals surface area contributed by atoms with E-state index < -0.39 is 0 Å². The van der Waals surface area contributed by atoms with Crippen LogP contribution in [0.15, 0.2) is 24.3 Å². The Balaban J connectivity index is 1.92. The Bertz CT molecular complexity index is 630. The molecule has 0 fully saturated rings. The molecule has 1 aromatic heterocycles. The quantitative estimate of drug-likeness (QED) is 0.794. The molecule has 0 amide bonds. The van der Waals surface area contributed by atoms with Gasteiger partial charge in [-0.15, -0.1) is 0 Å². The summed E-state index contributed by atoms with van der Waals surface area (Å²) in [6.45, 7) is 3.71. The number of carbonyl (C=O) groups is 1. The summed E-state index contributed by atoms with van der Waals surface area (Å²) in [4.78, 5) is 11.9. The highest BCUT2D eigenvalue weighted by atomic mass is 16.5. The lowest BCUT2D eigenvalue weighted by Gasteiger charge is -2.05. The minimum Gasteiger partial charge on any atom is -0.497 e. The number of nitrogens with zero attached hydrogens (tertiary/aromatic N) is 2. The molecule has 0 N–H and O–H groups in total. The number of methoxy groups -OCH3 is 1. The van der Waals surface area contributed by atoms with Gasteiger partial charge in [0.1, 0.15) is 11.4 Å². The number of benzene rings is 1. The van der Waals surface area contributed by atoms with Crippen LogP contribution in [0.3, 0.4) is 0 Å². The van der Waals surface area contributed by atoms with Crippen molar-refractivity contribution >= 4 is 5.97 Å². The van der Waals surface area contributed by atoms with E-state index in [1.807, 2.05) is 45.2 Å². The molecule has 0 aliphatic rings. The highest BCUT2D eigenvalue weighted by Crippen LogP contribution is 2.22. The van der Waals surface area contributed by atoms with E-state index in [1.54, 1.807) is 11.8 Å². The number of aromatic nitrogens is 2. The molecule has 0 spiro atoms. The maximum Gasteiger partial charge on any atom is 0.311 e. The Kier molecular flexibility index (Phi) is 4.62. The lowest BCUT2D eigenvalue weighted by atomic mass is 10.1. The van der Waals surface area contributed by atoms with E-state index >= 15 is 0 Å². The van der Waals surface area contributed by atoms with Crippen molar-refractivity contribution in [2.45, 2.75) is 26.7 Å². The third-order valence-electron chi connectivity index (χ3n) is 3.44. The summed E-state index contributed by atoms with van der Waals surface area (Å²) in [5, 5.41) is 4.23. The molecule has 0 atom stereocenters. The second-order valence-electron chi connectivity index (χ2n) is 4.95. The number of rotatable bonds is 5. The van der Waals surface area contributed by atoms with Crippen LogP contribution in [0, 0.1) is 13.8 Å². The Labute approximate surface area is 124 Å². The van der Waals surface area contributed by atoms with Gasteiger partial charge in [-0.1, -0.05) is 12.1 Å². The van der Waals surface area contributed by atoms with Gasteiger partial charge in [-0.2, -0.15) is 5.10 Å². The molecular formula is C16H20N2O3. The van der Waals surface area contributed by atoms with E-state index in [-0.39, 0.29) is 5.97 Å². The Morgan fingerprint density at radius 1 is 1.24 bits per heavy atom. The second kappa shape index (κ2) is 6.43. The largest absolute Gasteiger partial charge is 0.497 e. The minimum atomic E-state index is -0.245. The van der Waals surface area contributed by atoms with Crippen molar-refractivity contribution in [2.24, 2.45) is 7.05 Å². The lowest BCUT2D eigenvalue weighted by Crippen LogP contribution is -2.10. The monoisotopic (exact) mass is 288 g/mol. The van der Waals surface area contributed by atoms with Crippen molar-refractivity contribution in [1.82, 2.24) is 9.78 Å². The maximum atomic E-state index is 11.9. The van der Waals surface area contributed by atoms with E-state index in [4.69, 9.17) is 9.47 Å². The van der Waals surface area contributed by atoms with Crippen LogP contribution in [0.4, 0.5) is 0 Å². The van der Waals surface area contributed by atoms with E-state index in [0.717, 1.165) is 22.7 Å². The van der Waals surface area contributed by atoms with Gasteiger partial charge in [0.2, 0.25) is 0 Å². The molecule has 2 rings (SSSR count). The molecule has 21 heavy (non-hydrogen) atoms. The van der Waals surface area contributed by atoms with E-state index in [9.17, 15) is 4.79 Å². The summed E-state index contributed by atoms with van der Waals surface area (Å²) < 4.78 is 12.2.